The third kappa shape index (κ3) is 4.43. The van der Waals surface area contributed by atoms with Gasteiger partial charge in [-0.1, -0.05) is 30.6 Å². The fourth-order valence-electron chi connectivity index (χ4n) is 1.71. The molecule has 0 N–H and O–H groups in total. The lowest BCUT2D eigenvalue weighted by molar-refractivity contribution is 0.352. The molecule has 2 heteroatoms. The van der Waals surface area contributed by atoms with Crippen molar-refractivity contribution in [1.29, 1.82) is 0 Å². The van der Waals surface area contributed by atoms with Gasteiger partial charge in [0.1, 0.15) is 18.1 Å². The number of ether oxygens (including phenoxy) is 2. The molecule has 0 aromatic heterocycles. The van der Waals surface area contributed by atoms with E-state index in [-0.39, 0.29) is 0 Å². The van der Waals surface area contributed by atoms with Gasteiger partial charge in [0.2, 0.25) is 0 Å². The van der Waals surface area contributed by atoms with Crippen molar-refractivity contribution in [3.63, 3.8) is 0 Å². The van der Waals surface area contributed by atoms with Crippen molar-refractivity contribution in [1.82, 2.24) is 0 Å². The second-order valence-electron chi connectivity index (χ2n) is 4.72. The first kappa shape index (κ1) is 14.7. The molecule has 2 aromatic carbocycles. The van der Waals surface area contributed by atoms with Crippen molar-refractivity contribution in [2.24, 2.45) is 0 Å². The first-order valence-electron chi connectivity index (χ1n) is 6.71. The summed E-state index contributed by atoms with van der Waals surface area (Å²) in [4.78, 5) is 0. The van der Waals surface area contributed by atoms with Crippen LogP contribution in [-0.4, -0.2) is 13.7 Å². The molecule has 21 heavy (non-hydrogen) atoms. The fourth-order valence-corrected chi connectivity index (χ4v) is 1.71. The topological polar surface area (TPSA) is 18.5 Å². The molecule has 0 heterocycles. The molecule has 0 spiro atoms. The highest BCUT2D eigenvalue weighted by atomic mass is 16.5. The lowest BCUT2D eigenvalue weighted by Gasteiger charge is -2.07. The van der Waals surface area contributed by atoms with Gasteiger partial charge in [0.25, 0.3) is 0 Å². The van der Waals surface area contributed by atoms with Gasteiger partial charge in [-0.2, -0.15) is 0 Å². The summed E-state index contributed by atoms with van der Waals surface area (Å²) >= 11 is 0. The predicted octanol–water partition coefficient (Wildman–Crippen LogP) is 4.05. The monoisotopic (exact) mass is 278 g/mol. The van der Waals surface area contributed by atoms with Crippen LogP contribution in [0.1, 0.15) is 18.1 Å². The number of hydrogen-bond acceptors (Lipinski definition) is 2. The maximum absolute atomic E-state index is 5.70. The van der Waals surface area contributed by atoms with Gasteiger partial charge < -0.3 is 9.47 Å². The molecule has 2 aromatic rings. The third-order valence-electron chi connectivity index (χ3n) is 2.79. The Morgan fingerprint density at radius 2 is 1.76 bits per heavy atom. The van der Waals surface area contributed by atoms with Crippen LogP contribution in [0.15, 0.2) is 60.7 Å². The maximum Gasteiger partial charge on any atom is 0.135 e. The van der Waals surface area contributed by atoms with Crippen molar-refractivity contribution in [2.45, 2.75) is 6.92 Å². The molecule has 0 aliphatic heterocycles. The summed E-state index contributed by atoms with van der Waals surface area (Å²) in [7, 11) is 1.65. The summed E-state index contributed by atoms with van der Waals surface area (Å²) in [5.41, 5.74) is 2.79. The van der Waals surface area contributed by atoms with Gasteiger partial charge in [0.05, 0.1) is 12.7 Å². The van der Waals surface area contributed by atoms with Gasteiger partial charge in [-0.05, 0) is 48.9 Å². The number of hydrogen-bond donors (Lipinski definition) is 0. The quantitative estimate of drug-likeness (QED) is 0.620. The van der Waals surface area contributed by atoms with E-state index in [1.54, 1.807) is 7.11 Å². The van der Waals surface area contributed by atoms with E-state index >= 15 is 0 Å². The SMILES string of the molecule is C=C(C)COc1ccccc1C#Cc1ccc(OC)cc1. The van der Waals surface area contributed by atoms with E-state index < -0.39 is 0 Å². The molecule has 2 nitrogen and oxygen atoms in total. The zero-order chi connectivity index (χ0) is 15.1. The van der Waals surface area contributed by atoms with E-state index in [0.29, 0.717) is 6.61 Å². The number of methoxy groups -OCH3 is 1. The first-order valence-corrected chi connectivity index (χ1v) is 6.71. The van der Waals surface area contributed by atoms with Crippen molar-refractivity contribution in [2.75, 3.05) is 13.7 Å². The number of rotatable bonds is 4. The average Bonchev–Trinajstić information content (AvgIpc) is 2.52. The molecule has 0 radical (unpaired) electrons. The lowest BCUT2D eigenvalue weighted by Crippen LogP contribution is -1.99. The van der Waals surface area contributed by atoms with Gasteiger partial charge in [0, 0.05) is 5.56 Å². The van der Waals surface area contributed by atoms with Crippen molar-refractivity contribution in [3.05, 3.63) is 71.8 Å². The van der Waals surface area contributed by atoms with Crippen molar-refractivity contribution in [3.8, 4) is 23.3 Å². The average molecular weight is 278 g/mol. The van der Waals surface area contributed by atoms with E-state index in [1.807, 2.05) is 55.5 Å². The minimum atomic E-state index is 0.501. The van der Waals surface area contributed by atoms with Gasteiger partial charge in [-0.25, -0.2) is 0 Å². The molecule has 0 fully saturated rings. The summed E-state index contributed by atoms with van der Waals surface area (Å²) in [6.07, 6.45) is 0. The van der Waals surface area contributed by atoms with Gasteiger partial charge in [-0.15, -0.1) is 0 Å². The molecular weight excluding hydrogens is 260 g/mol. The van der Waals surface area contributed by atoms with Crippen LogP contribution in [0.4, 0.5) is 0 Å². The molecule has 0 unspecified atom stereocenters. The van der Waals surface area contributed by atoms with E-state index in [4.69, 9.17) is 9.47 Å². The van der Waals surface area contributed by atoms with Crippen molar-refractivity contribution < 1.29 is 9.47 Å². The third-order valence-corrected chi connectivity index (χ3v) is 2.79. The molecule has 0 amide bonds. The molecule has 0 aliphatic carbocycles. The Balaban J connectivity index is 2.19. The van der Waals surface area contributed by atoms with Gasteiger partial charge in [0.15, 0.2) is 0 Å². The van der Waals surface area contributed by atoms with Crippen LogP contribution in [0.25, 0.3) is 0 Å². The standard InChI is InChI=1S/C19H18O2/c1-15(2)14-21-19-7-5-4-6-17(19)11-8-16-9-12-18(20-3)13-10-16/h4-7,9-10,12-13H,1,14H2,2-3H3. The Kier molecular flexibility index (Phi) is 5.06. The Bertz CT molecular complexity index is 673. The summed E-state index contributed by atoms with van der Waals surface area (Å²) < 4.78 is 10.8. The highest BCUT2D eigenvalue weighted by molar-refractivity contribution is 5.50. The molecule has 2 rings (SSSR count). The summed E-state index contributed by atoms with van der Waals surface area (Å²) in [5.74, 6) is 7.88. The maximum atomic E-state index is 5.70. The molecule has 0 saturated carbocycles. The second kappa shape index (κ2) is 7.21. The zero-order valence-electron chi connectivity index (χ0n) is 12.3. The van der Waals surface area contributed by atoms with Gasteiger partial charge >= 0.3 is 0 Å². The fraction of sp³-hybridized carbons (Fsp3) is 0.158. The summed E-state index contributed by atoms with van der Waals surface area (Å²) in [5, 5.41) is 0. The van der Waals surface area contributed by atoms with Crippen LogP contribution in [0.3, 0.4) is 0 Å². The van der Waals surface area contributed by atoms with Crippen molar-refractivity contribution >= 4 is 0 Å². The largest absolute Gasteiger partial charge is 0.497 e. The molecule has 106 valence electrons. The Labute approximate surface area is 126 Å². The molecule has 0 aliphatic rings. The second-order valence-corrected chi connectivity index (χ2v) is 4.72. The predicted molar refractivity (Wildman–Crippen MR) is 85.7 cm³/mol. The molecule has 0 atom stereocenters. The van der Waals surface area contributed by atoms with E-state index in [2.05, 4.69) is 18.4 Å². The van der Waals surface area contributed by atoms with E-state index in [9.17, 15) is 0 Å². The van der Waals surface area contributed by atoms with Crippen LogP contribution in [-0.2, 0) is 0 Å². The summed E-state index contributed by atoms with van der Waals surface area (Å²) in [6, 6.07) is 15.4. The number of para-hydroxylation sites is 1. The molecular formula is C19H18O2. The first-order chi connectivity index (χ1) is 10.2. The smallest absolute Gasteiger partial charge is 0.135 e. The number of benzene rings is 2. The summed E-state index contributed by atoms with van der Waals surface area (Å²) in [6.45, 7) is 6.27. The Hall–Kier alpha value is -2.66. The normalized spacial score (nSPS) is 9.43. The van der Waals surface area contributed by atoms with E-state index in [0.717, 1.165) is 28.2 Å². The highest BCUT2D eigenvalue weighted by Crippen LogP contribution is 2.17. The Morgan fingerprint density at radius 1 is 1.05 bits per heavy atom. The van der Waals surface area contributed by atoms with E-state index in [1.165, 1.54) is 0 Å². The van der Waals surface area contributed by atoms with Crippen LogP contribution < -0.4 is 9.47 Å². The Morgan fingerprint density at radius 3 is 2.43 bits per heavy atom. The minimum Gasteiger partial charge on any atom is -0.497 e. The van der Waals surface area contributed by atoms with Crippen LogP contribution in [0.2, 0.25) is 0 Å². The van der Waals surface area contributed by atoms with Crippen LogP contribution >= 0.6 is 0 Å². The van der Waals surface area contributed by atoms with Crippen LogP contribution in [0, 0.1) is 11.8 Å². The zero-order valence-corrected chi connectivity index (χ0v) is 12.3. The highest BCUT2D eigenvalue weighted by Gasteiger charge is 2.00. The lowest BCUT2D eigenvalue weighted by atomic mass is 10.1. The van der Waals surface area contributed by atoms with Gasteiger partial charge in [-0.3, -0.25) is 0 Å². The molecule has 0 saturated heterocycles. The molecule has 0 bridgehead atoms. The minimum absolute atomic E-state index is 0.501. The van der Waals surface area contributed by atoms with Crippen LogP contribution in [0.5, 0.6) is 11.5 Å².